The highest BCUT2D eigenvalue weighted by Crippen LogP contribution is 2.35. The number of anilines is 3. The van der Waals surface area contributed by atoms with Crippen molar-refractivity contribution in [2.24, 2.45) is 0 Å². The van der Waals surface area contributed by atoms with Crippen LogP contribution < -0.4 is 15.5 Å². The van der Waals surface area contributed by atoms with Crippen molar-refractivity contribution in [3.63, 3.8) is 0 Å². The first kappa shape index (κ1) is 24.4. The second kappa shape index (κ2) is 9.86. The van der Waals surface area contributed by atoms with Crippen molar-refractivity contribution in [1.82, 2.24) is 0 Å². The second-order valence-electron chi connectivity index (χ2n) is 7.02. The van der Waals surface area contributed by atoms with Gasteiger partial charge in [0.25, 0.3) is 17.7 Å². The van der Waals surface area contributed by atoms with Gasteiger partial charge in [0.2, 0.25) is 0 Å². The van der Waals surface area contributed by atoms with Crippen LogP contribution in [-0.2, 0) is 9.59 Å². The zero-order valence-electron chi connectivity index (χ0n) is 16.8. The molecule has 1 aliphatic rings. The Morgan fingerprint density at radius 3 is 2.21 bits per heavy atom. The molecule has 1 heterocycles. The number of imide groups is 1. The number of nitrogens with zero attached hydrogens (tertiary/aromatic N) is 1. The molecule has 0 atom stereocenters. The molecular formula is C23H12Cl5N3O3. The predicted molar refractivity (Wildman–Crippen MR) is 136 cm³/mol. The molecule has 172 valence electrons. The number of hydrogen-bond donors (Lipinski definition) is 2. The van der Waals surface area contributed by atoms with Crippen LogP contribution in [0.3, 0.4) is 0 Å². The number of nitrogens with one attached hydrogen (secondary N) is 2. The highest BCUT2D eigenvalue weighted by atomic mass is 35.5. The molecule has 0 bridgehead atoms. The van der Waals surface area contributed by atoms with Crippen LogP contribution in [0.25, 0.3) is 0 Å². The van der Waals surface area contributed by atoms with E-state index in [0.717, 1.165) is 4.90 Å². The molecule has 2 N–H and O–H groups in total. The SMILES string of the molecule is O=C(Nc1ccc(Cl)c(Cl)c1)c1cccc(NC2=C(Cl)C(=O)N(c3ccc(Cl)cc3Cl)C2=O)c1. The van der Waals surface area contributed by atoms with Crippen LogP contribution >= 0.6 is 58.0 Å². The Kier molecular flexibility index (Phi) is 7.07. The Hall–Kier alpha value is -2.74. The number of halogens is 5. The van der Waals surface area contributed by atoms with Gasteiger partial charge in [-0.3, -0.25) is 14.4 Å². The Morgan fingerprint density at radius 1 is 0.735 bits per heavy atom. The lowest BCUT2D eigenvalue weighted by molar-refractivity contribution is -0.120. The third-order valence-electron chi connectivity index (χ3n) is 4.75. The number of hydrogen-bond acceptors (Lipinski definition) is 4. The average Bonchev–Trinajstić information content (AvgIpc) is 3.00. The number of carbonyl (C=O) groups is 3. The van der Waals surface area contributed by atoms with Gasteiger partial charge in [0.1, 0.15) is 10.7 Å². The third kappa shape index (κ3) is 4.87. The molecule has 34 heavy (non-hydrogen) atoms. The smallest absolute Gasteiger partial charge is 0.283 e. The summed E-state index contributed by atoms with van der Waals surface area (Å²) in [6, 6.07) is 15.3. The van der Waals surface area contributed by atoms with Crippen LogP contribution in [0, 0.1) is 0 Å². The largest absolute Gasteiger partial charge is 0.350 e. The zero-order chi connectivity index (χ0) is 24.6. The topological polar surface area (TPSA) is 78.5 Å². The van der Waals surface area contributed by atoms with Crippen molar-refractivity contribution in [2.75, 3.05) is 15.5 Å². The lowest BCUT2D eigenvalue weighted by atomic mass is 10.1. The minimum atomic E-state index is -0.744. The van der Waals surface area contributed by atoms with E-state index in [-0.39, 0.29) is 27.0 Å². The van der Waals surface area contributed by atoms with Gasteiger partial charge in [-0.1, -0.05) is 64.1 Å². The Labute approximate surface area is 219 Å². The van der Waals surface area contributed by atoms with Gasteiger partial charge < -0.3 is 10.6 Å². The molecule has 0 spiro atoms. The summed E-state index contributed by atoms with van der Waals surface area (Å²) in [6.07, 6.45) is 0. The van der Waals surface area contributed by atoms with Gasteiger partial charge in [0.05, 0.1) is 20.8 Å². The molecule has 0 saturated heterocycles. The Balaban J connectivity index is 1.55. The summed E-state index contributed by atoms with van der Waals surface area (Å²) in [6.45, 7) is 0. The first-order chi connectivity index (χ1) is 16.2. The van der Waals surface area contributed by atoms with Gasteiger partial charge in [-0.15, -0.1) is 0 Å². The standard InChI is InChI=1S/C23H12Cl5N3O3/c24-12-4-7-18(17(27)9-12)31-22(33)19(28)20(23(31)34)29-13-3-1-2-11(8-13)21(32)30-14-5-6-15(25)16(26)10-14/h1-10,29H,(H,30,32). The van der Waals surface area contributed by atoms with Crippen LogP contribution in [-0.4, -0.2) is 17.7 Å². The molecule has 3 aromatic carbocycles. The lowest BCUT2D eigenvalue weighted by Gasteiger charge is -2.16. The van der Waals surface area contributed by atoms with Gasteiger partial charge in [0, 0.05) is 22.0 Å². The van der Waals surface area contributed by atoms with Crippen molar-refractivity contribution in [1.29, 1.82) is 0 Å². The van der Waals surface area contributed by atoms with E-state index in [1.165, 1.54) is 30.3 Å². The van der Waals surface area contributed by atoms with E-state index >= 15 is 0 Å². The molecule has 0 aliphatic carbocycles. The predicted octanol–water partition coefficient (Wildman–Crippen LogP) is 6.99. The summed E-state index contributed by atoms with van der Waals surface area (Å²) in [7, 11) is 0. The molecule has 3 amide bonds. The summed E-state index contributed by atoms with van der Waals surface area (Å²) < 4.78 is 0. The van der Waals surface area contributed by atoms with Gasteiger partial charge >= 0.3 is 0 Å². The molecular weight excluding hydrogens is 544 g/mol. The fourth-order valence-corrected chi connectivity index (χ4v) is 4.16. The summed E-state index contributed by atoms with van der Waals surface area (Å²) in [5.74, 6) is -1.87. The summed E-state index contributed by atoms with van der Waals surface area (Å²) in [4.78, 5) is 39.2. The van der Waals surface area contributed by atoms with Crippen molar-refractivity contribution in [2.45, 2.75) is 0 Å². The van der Waals surface area contributed by atoms with Crippen LogP contribution in [0.1, 0.15) is 10.4 Å². The minimum absolute atomic E-state index is 0.112. The fraction of sp³-hybridized carbons (Fsp3) is 0. The van der Waals surface area contributed by atoms with E-state index in [1.807, 2.05) is 0 Å². The number of carbonyl (C=O) groups excluding carboxylic acids is 3. The first-order valence-corrected chi connectivity index (χ1v) is 11.4. The van der Waals surface area contributed by atoms with Crippen molar-refractivity contribution in [3.8, 4) is 0 Å². The molecule has 0 radical (unpaired) electrons. The molecule has 0 saturated carbocycles. The van der Waals surface area contributed by atoms with E-state index < -0.39 is 17.7 Å². The molecule has 6 nitrogen and oxygen atoms in total. The van der Waals surface area contributed by atoms with E-state index in [1.54, 1.807) is 30.3 Å². The normalized spacial score (nSPS) is 13.5. The maximum atomic E-state index is 13.0. The van der Waals surface area contributed by atoms with Crippen LogP contribution in [0.4, 0.5) is 17.1 Å². The summed E-state index contributed by atoms with van der Waals surface area (Å²) in [5.41, 5.74) is 1.09. The molecule has 3 aromatic rings. The van der Waals surface area contributed by atoms with E-state index in [0.29, 0.717) is 26.4 Å². The first-order valence-electron chi connectivity index (χ1n) is 9.53. The minimum Gasteiger partial charge on any atom is -0.350 e. The van der Waals surface area contributed by atoms with E-state index in [2.05, 4.69) is 10.6 Å². The average molecular weight is 556 g/mol. The molecule has 1 aliphatic heterocycles. The van der Waals surface area contributed by atoms with Crippen molar-refractivity contribution < 1.29 is 14.4 Å². The fourth-order valence-electron chi connectivity index (χ4n) is 3.15. The van der Waals surface area contributed by atoms with Gasteiger partial charge in [-0.05, 0) is 54.6 Å². The van der Waals surface area contributed by atoms with Crippen LogP contribution in [0.5, 0.6) is 0 Å². The second-order valence-corrected chi connectivity index (χ2v) is 9.06. The molecule has 4 rings (SSSR count). The van der Waals surface area contributed by atoms with Crippen LogP contribution in [0.2, 0.25) is 20.1 Å². The summed E-state index contributed by atoms with van der Waals surface area (Å²) in [5, 5.41) is 6.34. The number of benzene rings is 3. The maximum Gasteiger partial charge on any atom is 0.283 e. The molecule has 0 fully saturated rings. The lowest BCUT2D eigenvalue weighted by Crippen LogP contribution is -2.32. The monoisotopic (exact) mass is 553 g/mol. The van der Waals surface area contributed by atoms with E-state index in [4.69, 9.17) is 58.0 Å². The van der Waals surface area contributed by atoms with E-state index in [9.17, 15) is 14.4 Å². The highest BCUT2D eigenvalue weighted by molar-refractivity contribution is 6.54. The third-order valence-corrected chi connectivity index (χ3v) is 6.38. The highest BCUT2D eigenvalue weighted by Gasteiger charge is 2.39. The zero-order valence-corrected chi connectivity index (χ0v) is 20.6. The number of rotatable bonds is 5. The van der Waals surface area contributed by atoms with Crippen LogP contribution in [0.15, 0.2) is 71.4 Å². The Morgan fingerprint density at radius 2 is 1.50 bits per heavy atom. The van der Waals surface area contributed by atoms with Gasteiger partial charge in [-0.2, -0.15) is 0 Å². The molecule has 11 heteroatoms. The van der Waals surface area contributed by atoms with Gasteiger partial charge in [-0.25, -0.2) is 4.90 Å². The van der Waals surface area contributed by atoms with Crippen molar-refractivity contribution in [3.05, 3.63) is 97.0 Å². The number of amides is 3. The Bertz CT molecular complexity index is 1390. The quantitative estimate of drug-likeness (QED) is 0.333. The summed E-state index contributed by atoms with van der Waals surface area (Å²) >= 11 is 30.1. The molecule has 0 unspecified atom stereocenters. The van der Waals surface area contributed by atoms with Crippen molar-refractivity contribution >= 4 is 92.8 Å². The maximum absolute atomic E-state index is 13.0. The molecule has 0 aromatic heterocycles. The van der Waals surface area contributed by atoms with Gasteiger partial charge in [0.15, 0.2) is 0 Å².